The molecule has 0 unspecified atom stereocenters. The van der Waals surface area contributed by atoms with E-state index in [-0.39, 0.29) is 0 Å². The van der Waals surface area contributed by atoms with Crippen LogP contribution in [-0.4, -0.2) is 23.0 Å². The van der Waals surface area contributed by atoms with E-state index in [1.807, 2.05) is 16.9 Å². The van der Waals surface area contributed by atoms with Gasteiger partial charge in [-0.05, 0) is 12.5 Å². The van der Waals surface area contributed by atoms with Crippen molar-refractivity contribution in [2.45, 2.75) is 13.0 Å². The summed E-state index contributed by atoms with van der Waals surface area (Å²) in [5.41, 5.74) is 5.49. The standard InChI is InChI=1S/C8H13N3O/c9-8-1-3-11(10-8)5-7-2-4-12-6-7/h1,3,7H,2,4-6H2,(H2,9,10)/t7-/m0/s1. The molecule has 4 heteroatoms. The van der Waals surface area contributed by atoms with E-state index in [9.17, 15) is 0 Å². The van der Waals surface area contributed by atoms with Gasteiger partial charge in [0.25, 0.3) is 0 Å². The van der Waals surface area contributed by atoms with E-state index >= 15 is 0 Å². The van der Waals surface area contributed by atoms with Gasteiger partial charge in [-0.3, -0.25) is 4.68 Å². The maximum atomic E-state index is 5.49. The molecule has 1 saturated heterocycles. The Morgan fingerprint density at radius 3 is 3.25 bits per heavy atom. The minimum absolute atomic E-state index is 0.592. The van der Waals surface area contributed by atoms with Gasteiger partial charge in [-0.1, -0.05) is 0 Å². The van der Waals surface area contributed by atoms with Gasteiger partial charge in [0.05, 0.1) is 6.61 Å². The molecule has 12 heavy (non-hydrogen) atoms. The van der Waals surface area contributed by atoms with Crippen LogP contribution in [0.5, 0.6) is 0 Å². The molecule has 2 heterocycles. The highest BCUT2D eigenvalue weighted by Gasteiger charge is 2.15. The maximum absolute atomic E-state index is 5.49. The molecule has 2 N–H and O–H groups in total. The summed E-state index contributed by atoms with van der Waals surface area (Å²) in [7, 11) is 0. The molecule has 0 amide bonds. The van der Waals surface area contributed by atoms with Crippen molar-refractivity contribution in [2.75, 3.05) is 18.9 Å². The smallest absolute Gasteiger partial charge is 0.145 e. The molecule has 1 atom stereocenters. The summed E-state index contributed by atoms with van der Waals surface area (Å²) < 4.78 is 7.15. The molecule has 0 aromatic carbocycles. The van der Waals surface area contributed by atoms with Crippen LogP contribution < -0.4 is 5.73 Å². The number of nitrogen functional groups attached to an aromatic ring is 1. The van der Waals surface area contributed by atoms with Crippen molar-refractivity contribution >= 4 is 5.82 Å². The third-order valence-corrected chi connectivity index (χ3v) is 2.13. The first-order valence-corrected chi connectivity index (χ1v) is 4.21. The summed E-state index contributed by atoms with van der Waals surface area (Å²) in [4.78, 5) is 0. The second-order valence-corrected chi connectivity index (χ2v) is 3.19. The van der Waals surface area contributed by atoms with E-state index in [0.29, 0.717) is 11.7 Å². The zero-order chi connectivity index (χ0) is 8.39. The summed E-state index contributed by atoms with van der Waals surface area (Å²) in [5.74, 6) is 1.21. The van der Waals surface area contributed by atoms with Crippen molar-refractivity contribution < 1.29 is 4.74 Å². The van der Waals surface area contributed by atoms with Gasteiger partial charge in [0.1, 0.15) is 5.82 Å². The van der Waals surface area contributed by atoms with Gasteiger partial charge in [0.2, 0.25) is 0 Å². The molecule has 0 aliphatic carbocycles. The molecule has 0 spiro atoms. The Bertz CT molecular complexity index is 253. The zero-order valence-electron chi connectivity index (χ0n) is 6.94. The minimum atomic E-state index is 0.592. The molecule has 0 radical (unpaired) electrons. The molecule has 1 aliphatic heterocycles. The quantitative estimate of drug-likeness (QED) is 0.698. The van der Waals surface area contributed by atoms with Crippen LogP contribution in [-0.2, 0) is 11.3 Å². The number of rotatable bonds is 2. The SMILES string of the molecule is Nc1ccn(C[C@@H]2CCOC2)n1. The van der Waals surface area contributed by atoms with E-state index in [1.54, 1.807) is 0 Å². The van der Waals surface area contributed by atoms with Crippen molar-refractivity contribution in [3.05, 3.63) is 12.3 Å². The molecule has 66 valence electrons. The van der Waals surface area contributed by atoms with Crippen LogP contribution in [0.3, 0.4) is 0 Å². The largest absolute Gasteiger partial charge is 0.382 e. The molecule has 1 aromatic rings. The van der Waals surface area contributed by atoms with Gasteiger partial charge in [-0.25, -0.2) is 0 Å². The van der Waals surface area contributed by atoms with E-state index in [1.165, 1.54) is 0 Å². The summed E-state index contributed by atoms with van der Waals surface area (Å²) in [6.07, 6.45) is 3.05. The molecule has 2 rings (SSSR count). The Morgan fingerprint density at radius 1 is 1.75 bits per heavy atom. The normalized spacial score (nSPS) is 23.2. The number of ether oxygens (including phenoxy) is 1. The zero-order valence-corrected chi connectivity index (χ0v) is 6.94. The van der Waals surface area contributed by atoms with Crippen LogP contribution >= 0.6 is 0 Å². The Kier molecular flexibility index (Phi) is 1.99. The van der Waals surface area contributed by atoms with Crippen LogP contribution in [0.2, 0.25) is 0 Å². The highest BCUT2D eigenvalue weighted by molar-refractivity contribution is 5.23. The number of hydrogen-bond acceptors (Lipinski definition) is 3. The topological polar surface area (TPSA) is 53.1 Å². The van der Waals surface area contributed by atoms with Crippen molar-refractivity contribution in [1.29, 1.82) is 0 Å². The molecule has 1 fully saturated rings. The molecule has 0 saturated carbocycles. The Morgan fingerprint density at radius 2 is 2.67 bits per heavy atom. The Balaban J connectivity index is 1.94. The van der Waals surface area contributed by atoms with Crippen molar-refractivity contribution in [2.24, 2.45) is 5.92 Å². The number of aromatic nitrogens is 2. The summed E-state index contributed by atoms with van der Waals surface area (Å²) >= 11 is 0. The van der Waals surface area contributed by atoms with E-state index in [0.717, 1.165) is 26.2 Å². The molecule has 1 aliphatic rings. The molecule has 0 bridgehead atoms. The highest BCUT2D eigenvalue weighted by atomic mass is 16.5. The average Bonchev–Trinajstić information content (AvgIpc) is 2.63. The second kappa shape index (κ2) is 3.15. The second-order valence-electron chi connectivity index (χ2n) is 3.19. The lowest BCUT2D eigenvalue weighted by Crippen LogP contribution is -2.11. The maximum Gasteiger partial charge on any atom is 0.145 e. The number of nitrogens with two attached hydrogens (primary N) is 1. The van der Waals surface area contributed by atoms with Gasteiger partial charge < -0.3 is 10.5 Å². The van der Waals surface area contributed by atoms with Crippen LogP contribution in [0.4, 0.5) is 5.82 Å². The first-order valence-electron chi connectivity index (χ1n) is 4.21. The van der Waals surface area contributed by atoms with Crippen molar-refractivity contribution in [3.63, 3.8) is 0 Å². The highest BCUT2D eigenvalue weighted by Crippen LogP contribution is 2.14. The van der Waals surface area contributed by atoms with Crippen LogP contribution in [0.15, 0.2) is 12.3 Å². The third-order valence-electron chi connectivity index (χ3n) is 2.13. The predicted molar refractivity (Wildman–Crippen MR) is 45.6 cm³/mol. The lowest BCUT2D eigenvalue weighted by atomic mass is 10.1. The van der Waals surface area contributed by atoms with Gasteiger partial charge in [-0.15, -0.1) is 0 Å². The van der Waals surface area contributed by atoms with Gasteiger partial charge in [0.15, 0.2) is 0 Å². The first kappa shape index (κ1) is 7.61. The van der Waals surface area contributed by atoms with Crippen molar-refractivity contribution in [3.8, 4) is 0 Å². The number of hydrogen-bond donors (Lipinski definition) is 1. The molecular formula is C8H13N3O. The van der Waals surface area contributed by atoms with Crippen LogP contribution in [0, 0.1) is 5.92 Å². The molecule has 1 aromatic heterocycles. The minimum Gasteiger partial charge on any atom is -0.382 e. The number of nitrogens with zero attached hydrogens (tertiary/aromatic N) is 2. The van der Waals surface area contributed by atoms with E-state index in [4.69, 9.17) is 10.5 Å². The number of anilines is 1. The van der Waals surface area contributed by atoms with Crippen molar-refractivity contribution in [1.82, 2.24) is 9.78 Å². The lowest BCUT2D eigenvalue weighted by Gasteiger charge is -2.06. The van der Waals surface area contributed by atoms with Gasteiger partial charge in [-0.2, -0.15) is 5.10 Å². The van der Waals surface area contributed by atoms with Gasteiger partial charge >= 0.3 is 0 Å². The monoisotopic (exact) mass is 167 g/mol. The summed E-state index contributed by atoms with van der Waals surface area (Å²) in [6.45, 7) is 2.68. The summed E-state index contributed by atoms with van der Waals surface area (Å²) in [6, 6.07) is 1.82. The van der Waals surface area contributed by atoms with Gasteiger partial charge in [0, 0.05) is 25.3 Å². The summed E-state index contributed by atoms with van der Waals surface area (Å²) in [5, 5.41) is 4.11. The third kappa shape index (κ3) is 1.58. The van der Waals surface area contributed by atoms with E-state index < -0.39 is 0 Å². The van der Waals surface area contributed by atoms with E-state index in [2.05, 4.69) is 5.10 Å². The molecule has 4 nitrogen and oxygen atoms in total. The fourth-order valence-corrected chi connectivity index (χ4v) is 1.47. The Labute approximate surface area is 71.3 Å². The molecular weight excluding hydrogens is 154 g/mol. The predicted octanol–water partition coefficient (Wildman–Crippen LogP) is 0.502. The fraction of sp³-hybridized carbons (Fsp3) is 0.625. The lowest BCUT2D eigenvalue weighted by molar-refractivity contribution is 0.181. The van der Waals surface area contributed by atoms with Crippen LogP contribution in [0.1, 0.15) is 6.42 Å². The fourth-order valence-electron chi connectivity index (χ4n) is 1.47. The first-order chi connectivity index (χ1) is 5.84. The Hall–Kier alpha value is -1.03. The van der Waals surface area contributed by atoms with Crippen LogP contribution in [0.25, 0.3) is 0 Å². The average molecular weight is 167 g/mol.